The van der Waals surface area contributed by atoms with Gasteiger partial charge in [-0.25, -0.2) is 4.98 Å². The van der Waals surface area contributed by atoms with Gasteiger partial charge in [0.1, 0.15) is 5.75 Å². The van der Waals surface area contributed by atoms with E-state index in [0.29, 0.717) is 17.8 Å². The number of aryl methyl sites for hydroxylation is 1. The molecule has 4 heterocycles. The first kappa shape index (κ1) is 17.1. The lowest BCUT2D eigenvalue weighted by Crippen LogP contribution is -2.39. The second-order valence-electron chi connectivity index (χ2n) is 7.37. The van der Waals surface area contributed by atoms with E-state index in [9.17, 15) is 10.2 Å². The standard InChI is InChI=1S/C21H21N5O2/c1-26-11-12-8-14(20(27)9-19(12)25-26)16-3-5-17-18(24-16)4-2-15(23-17)13-6-7-22-10-21(13)28/h2-5,8-9,11,13,21-22,27-28H,6-7,10H2,1H3/t13?,21-/m1/s1. The molecular weight excluding hydrogens is 354 g/mol. The van der Waals surface area contributed by atoms with Gasteiger partial charge in [-0.05, 0) is 43.3 Å². The second kappa shape index (κ2) is 6.54. The number of benzene rings is 1. The monoisotopic (exact) mass is 375 g/mol. The highest BCUT2D eigenvalue weighted by Crippen LogP contribution is 2.33. The van der Waals surface area contributed by atoms with Crippen LogP contribution in [0.2, 0.25) is 0 Å². The minimum Gasteiger partial charge on any atom is -0.507 e. The number of rotatable bonds is 2. The maximum atomic E-state index is 10.4. The summed E-state index contributed by atoms with van der Waals surface area (Å²) in [5.74, 6) is 0.197. The Hall–Kier alpha value is -3.03. The van der Waals surface area contributed by atoms with Gasteiger partial charge in [-0.15, -0.1) is 0 Å². The molecule has 0 spiro atoms. The van der Waals surface area contributed by atoms with Crippen LogP contribution in [0.5, 0.6) is 5.75 Å². The number of hydrogen-bond acceptors (Lipinski definition) is 6. The highest BCUT2D eigenvalue weighted by Gasteiger charge is 2.25. The van der Waals surface area contributed by atoms with Crippen LogP contribution in [-0.2, 0) is 7.05 Å². The Morgan fingerprint density at radius 1 is 1.07 bits per heavy atom. The van der Waals surface area contributed by atoms with Crippen LogP contribution in [0.25, 0.3) is 33.2 Å². The van der Waals surface area contributed by atoms with Crippen molar-refractivity contribution in [3.8, 4) is 17.0 Å². The summed E-state index contributed by atoms with van der Waals surface area (Å²) in [4.78, 5) is 9.43. The number of hydrogen-bond donors (Lipinski definition) is 3. The van der Waals surface area contributed by atoms with Crippen molar-refractivity contribution < 1.29 is 10.2 Å². The van der Waals surface area contributed by atoms with Crippen LogP contribution in [0, 0.1) is 0 Å². The summed E-state index contributed by atoms with van der Waals surface area (Å²) in [5.41, 5.74) is 4.55. The van der Waals surface area contributed by atoms with Gasteiger partial charge < -0.3 is 15.5 Å². The smallest absolute Gasteiger partial charge is 0.127 e. The number of aromatic hydroxyl groups is 1. The second-order valence-corrected chi connectivity index (χ2v) is 7.37. The van der Waals surface area contributed by atoms with Gasteiger partial charge in [-0.2, -0.15) is 5.10 Å². The molecule has 3 aromatic heterocycles. The van der Waals surface area contributed by atoms with Crippen molar-refractivity contribution >= 4 is 21.9 Å². The van der Waals surface area contributed by atoms with Crippen LogP contribution in [0.4, 0.5) is 0 Å². The van der Waals surface area contributed by atoms with Gasteiger partial charge >= 0.3 is 0 Å². The Kier molecular flexibility index (Phi) is 3.99. The topological polar surface area (TPSA) is 96.1 Å². The Morgan fingerprint density at radius 3 is 2.75 bits per heavy atom. The van der Waals surface area contributed by atoms with Crippen molar-refractivity contribution in [2.45, 2.75) is 18.4 Å². The molecule has 5 rings (SSSR count). The van der Waals surface area contributed by atoms with Gasteiger partial charge in [0.2, 0.25) is 0 Å². The number of phenolic OH excluding ortho intramolecular Hbond substituents is 1. The number of fused-ring (bicyclic) bond motifs is 2. The van der Waals surface area contributed by atoms with Crippen LogP contribution >= 0.6 is 0 Å². The first-order chi connectivity index (χ1) is 13.6. The van der Waals surface area contributed by atoms with Crippen LogP contribution in [0.1, 0.15) is 18.0 Å². The van der Waals surface area contributed by atoms with Crippen LogP contribution in [0.3, 0.4) is 0 Å². The molecule has 1 saturated heterocycles. The third-order valence-corrected chi connectivity index (χ3v) is 5.41. The number of piperidine rings is 1. The van der Waals surface area contributed by atoms with Gasteiger partial charge in [0.05, 0.1) is 28.3 Å². The zero-order valence-electron chi connectivity index (χ0n) is 15.5. The molecule has 0 radical (unpaired) electrons. The van der Waals surface area contributed by atoms with Crippen LogP contribution in [-0.4, -0.2) is 49.2 Å². The van der Waals surface area contributed by atoms with Crippen LogP contribution in [0.15, 0.2) is 42.6 Å². The van der Waals surface area contributed by atoms with Crippen molar-refractivity contribution in [1.29, 1.82) is 0 Å². The third kappa shape index (κ3) is 2.89. The van der Waals surface area contributed by atoms with Gasteiger partial charge in [0.15, 0.2) is 0 Å². The Bertz CT molecular complexity index is 1190. The van der Waals surface area contributed by atoms with Gasteiger partial charge in [0.25, 0.3) is 0 Å². The molecule has 0 bridgehead atoms. The highest BCUT2D eigenvalue weighted by molar-refractivity contribution is 5.88. The van der Waals surface area contributed by atoms with E-state index < -0.39 is 6.10 Å². The first-order valence-corrected chi connectivity index (χ1v) is 9.42. The van der Waals surface area contributed by atoms with E-state index in [-0.39, 0.29) is 11.7 Å². The predicted molar refractivity (Wildman–Crippen MR) is 107 cm³/mol. The first-order valence-electron chi connectivity index (χ1n) is 9.42. The van der Waals surface area contributed by atoms with Crippen molar-refractivity contribution in [2.24, 2.45) is 7.05 Å². The fourth-order valence-corrected chi connectivity index (χ4v) is 3.96. The number of β-amino-alcohol motifs (C(OH)–C–C–N with tert-alkyl or cyclic N) is 1. The maximum absolute atomic E-state index is 10.4. The molecule has 0 aliphatic carbocycles. The quantitative estimate of drug-likeness (QED) is 0.498. The van der Waals surface area contributed by atoms with Crippen LogP contribution < -0.4 is 5.32 Å². The van der Waals surface area contributed by atoms with E-state index in [1.807, 2.05) is 43.6 Å². The zero-order chi connectivity index (χ0) is 19.3. The van der Waals surface area contributed by atoms with E-state index in [4.69, 9.17) is 9.97 Å². The van der Waals surface area contributed by atoms with Crippen molar-refractivity contribution in [3.63, 3.8) is 0 Å². The fourth-order valence-electron chi connectivity index (χ4n) is 3.96. The number of aliphatic hydroxyl groups excluding tert-OH is 1. The summed E-state index contributed by atoms with van der Waals surface area (Å²) in [6.07, 6.45) is 2.36. The molecule has 1 unspecified atom stereocenters. The average molecular weight is 375 g/mol. The Balaban J connectivity index is 1.55. The summed E-state index contributed by atoms with van der Waals surface area (Å²) >= 11 is 0. The molecule has 1 aliphatic rings. The zero-order valence-corrected chi connectivity index (χ0v) is 15.5. The average Bonchev–Trinajstić information content (AvgIpc) is 3.06. The molecular formula is C21H21N5O2. The van der Waals surface area contributed by atoms with Crippen molar-refractivity contribution in [3.05, 3.63) is 48.3 Å². The minimum absolute atomic E-state index is 0.0439. The molecule has 0 amide bonds. The number of nitrogens with one attached hydrogen (secondary N) is 1. The van der Waals surface area contributed by atoms with E-state index in [2.05, 4.69) is 10.4 Å². The number of aromatic nitrogens is 4. The van der Waals surface area contributed by atoms with Crippen molar-refractivity contribution in [1.82, 2.24) is 25.1 Å². The summed E-state index contributed by atoms with van der Waals surface area (Å²) < 4.78 is 1.72. The minimum atomic E-state index is -0.422. The van der Waals surface area contributed by atoms with Gasteiger partial charge in [-0.1, -0.05) is 0 Å². The Morgan fingerprint density at radius 2 is 1.89 bits per heavy atom. The fraction of sp³-hybridized carbons (Fsp3) is 0.286. The molecule has 142 valence electrons. The Labute approximate surface area is 161 Å². The summed E-state index contributed by atoms with van der Waals surface area (Å²) in [7, 11) is 1.85. The number of phenols is 1. The molecule has 1 aliphatic heterocycles. The van der Waals surface area contributed by atoms with Gasteiger partial charge in [0, 0.05) is 48.4 Å². The molecule has 28 heavy (non-hydrogen) atoms. The summed E-state index contributed by atoms with van der Waals surface area (Å²) in [6.45, 7) is 1.48. The largest absolute Gasteiger partial charge is 0.507 e. The molecule has 7 nitrogen and oxygen atoms in total. The lowest BCUT2D eigenvalue weighted by Gasteiger charge is -2.27. The third-order valence-electron chi connectivity index (χ3n) is 5.41. The molecule has 2 atom stereocenters. The maximum Gasteiger partial charge on any atom is 0.127 e. The van der Waals surface area contributed by atoms with Gasteiger partial charge in [-0.3, -0.25) is 9.67 Å². The molecule has 1 aromatic carbocycles. The highest BCUT2D eigenvalue weighted by atomic mass is 16.3. The molecule has 7 heteroatoms. The number of nitrogens with zero attached hydrogens (tertiary/aromatic N) is 4. The van der Waals surface area contributed by atoms with E-state index in [0.717, 1.165) is 40.6 Å². The van der Waals surface area contributed by atoms with Crippen molar-refractivity contribution in [2.75, 3.05) is 13.1 Å². The molecule has 0 saturated carbocycles. The lowest BCUT2D eigenvalue weighted by molar-refractivity contribution is 0.117. The summed E-state index contributed by atoms with van der Waals surface area (Å²) in [5, 5.41) is 29.2. The van der Waals surface area contributed by atoms with E-state index in [1.165, 1.54) is 0 Å². The summed E-state index contributed by atoms with van der Waals surface area (Å²) in [6, 6.07) is 11.2. The normalized spacial score (nSPS) is 20.1. The lowest BCUT2D eigenvalue weighted by atomic mass is 9.91. The van der Waals surface area contributed by atoms with E-state index in [1.54, 1.807) is 10.7 Å². The molecule has 4 aromatic rings. The number of aliphatic hydroxyl groups is 1. The van der Waals surface area contributed by atoms with E-state index >= 15 is 0 Å². The predicted octanol–water partition coefficient (Wildman–Crippen LogP) is 2.33. The number of pyridine rings is 2. The molecule has 1 fully saturated rings. The molecule has 3 N–H and O–H groups in total. The SMILES string of the molecule is Cn1cc2cc(-c3ccc4nc(C5CCNC[C@H]5O)ccc4n3)c(O)cc2n1.